The van der Waals surface area contributed by atoms with Crippen LogP contribution in [0.5, 0.6) is 5.75 Å². The van der Waals surface area contributed by atoms with Crippen LogP contribution >= 0.6 is 22.6 Å². The van der Waals surface area contributed by atoms with Gasteiger partial charge in [-0.05, 0) is 72.6 Å². The van der Waals surface area contributed by atoms with Gasteiger partial charge in [0.1, 0.15) is 5.75 Å². The molecule has 3 amide bonds. The summed E-state index contributed by atoms with van der Waals surface area (Å²) in [6, 6.07) is 10.2. The third kappa shape index (κ3) is 5.16. The zero-order valence-corrected chi connectivity index (χ0v) is 18.6. The lowest BCUT2D eigenvalue weighted by molar-refractivity contribution is -0.117. The van der Waals surface area contributed by atoms with Gasteiger partial charge in [0.2, 0.25) is 5.91 Å². The molecule has 156 valence electrons. The van der Waals surface area contributed by atoms with E-state index in [1.54, 1.807) is 49.5 Å². The fourth-order valence-electron chi connectivity index (χ4n) is 2.98. The molecule has 9 heteroatoms. The minimum absolute atomic E-state index is 0.0463. The number of hydrogen-bond donors (Lipinski definition) is 4. The zero-order valence-electron chi connectivity index (χ0n) is 16.5. The second-order valence-electron chi connectivity index (χ2n) is 7.05. The maximum absolute atomic E-state index is 12.3. The molecule has 0 saturated heterocycles. The number of aromatic hydroxyl groups is 1. The standard InChI is InChI=1S/C21H21IN4O4/c1-26(2)11-19(28)24-17-6-3-12(7-18(17)27)9-23-10-16-15-8-13(22)4-5-14(15)20(29)25-21(16)30/h3-8,10,23,27H,9,11H2,1-2H3,(H,24,28)(H,25,29,30)/b16-10-. The molecule has 0 spiro atoms. The van der Waals surface area contributed by atoms with E-state index in [1.165, 1.54) is 6.07 Å². The van der Waals surface area contributed by atoms with Crippen LogP contribution in [0.3, 0.4) is 0 Å². The predicted molar refractivity (Wildman–Crippen MR) is 122 cm³/mol. The first-order valence-electron chi connectivity index (χ1n) is 9.10. The number of anilines is 1. The van der Waals surface area contributed by atoms with E-state index in [4.69, 9.17) is 0 Å². The summed E-state index contributed by atoms with van der Waals surface area (Å²) >= 11 is 2.13. The van der Waals surface area contributed by atoms with Crippen LogP contribution in [-0.2, 0) is 16.1 Å². The highest BCUT2D eigenvalue weighted by Crippen LogP contribution is 2.26. The van der Waals surface area contributed by atoms with Crippen molar-refractivity contribution < 1.29 is 19.5 Å². The summed E-state index contributed by atoms with van der Waals surface area (Å²) in [5.74, 6) is -1.16. The molecule has 0 aliphatic carbocycles. The number of carbonyl (C=O) groups excluding carboxylic acids is 3. The van der Waals surface area contributed by atoms with Crippen LogP contribution in [0, 0.1) is 3.57 Å². The monoisotopic (exact) mass is 520 g/mol. The van der Waals surface area contributed by atoms with Gasteiger partial charge in [-0.1, -0.05) is 6.07 Å². The number of hydrogen-bond acceptors (Lipinski definition) is 6. The number of halogens is 1. The molecule has 1 aliphatic heterocycles. The number of likely N-dealkylation sites (N-methyl/N-ethyl adjacent to an activating group) is 1. The molecule has 2 aromatic rings. The van der Waals surface area contributed by atoms with Crippen molar-refractivity contribution in [1.82, 2.24) is 15.5 Å². The topological polar surface area (TPSA) is 111 Å². The minimum atomic E-state index is -0.469. The Labute approximate surface area is 187 Å². The van der Waals surface area contributed by atoms with Gasteiger partial charge in [0, 0.05) is 27.4 Å². The van der Waals surface area contributed by atoms with E-state index in [0.29, 0.717) is 28.9 Å². The van der Waals surface area contributed by atoms with Gasteiger partial charge in [-0.15, -0.1) is 0 Å². The Morgan fingerprint density at radius 2 is 1.90 bits per heavy atom. The molecular weight excluding hydrogens is 499 g/mol. The quantitative estimate of drug-likeness (QED) is 0.201. The van der Waals surface area contributed by atoms with Crippen molar-refractivity contribution in [3.8, 4) is 5.75 Å². The number of phenolic OH excluding ortho intramolecular Hbond substituents is 1. The molecule has 0 unspecified atom stereocenters. The van der Waals surface area contributed by atoms with E-state index < -0.39 is 11.8 Å². The average Bonchev–Trinajstić information content (AvgIpc) is 2.65. The molecule has 0 saturated carbocycles. The van der Waals surface area contributed by atoms with Gasteiger partial charge in [0.25, 0.3) is 11.8 Å². The molecular formula is C21H21IN4O4. The number of nitrogens with zero attached hydrogens (tertiary/aromatic N) is 1. The highest BCUT2D eigenvalue weighted by atomic mass is 127. The Morgan fingerprint density at radius 1 is 1.13 bits per heavy atom. The van der Waals surface area contributed by atoms with E-state index >= 15 is 0 Å². The summed E-state index contributed by atoms with van der Waals surface area (Å²) in [7, 11) is 3.56. The van der Waals surface area contributed by atoms with Crippen molar-refractivity contribution in [2.75, 3.05) is 26.0 Å². The molecule has 3 rings (SSSR count). The Morgan fingerprint density at radius 3 is 2.60 bits per heavy atom. The highest BCUT2D eigenvalue weighted by Gasteiger charge is 2.27. The van der Waals surface area contributed by atoms with E-state index in [0.717, 1.165) is 9.13 Å². The van der Waals surface area contributed by atoms with Gasteiger partial charge < -0.3 is 20.6 Å². The van der Waals surface area contributed by atoms with Crippen LogP contribution in [0.2, 0.25) is 0 Å². The maximum Gasteiger partial charge on any atom is 0.260 e. The van der Waals surface area contributed by atoms with Gasteiger partial charge in [-0.25, -0.2) is 0 Å². The molecule has 30 heavy (non-hydrogen) atoms. The smallest absolute Gasteiger partial charge is 0.260 e. The van der Waals surface area contributed by atoms with E-state index in [9.17, 15) is 19.5 Å². The Kier molecular flexibility index (Phi) is 6.73. The second-order valence-corrected chi connectivity index (χ2v) is 8.30. The maximum atomic E-state index is 12.3. The summed E-state index contributed by atoms with van der Waals surface area (Å²) in [6.07, 6.45) is 1.56. The number of amides is 3. The van der Waals surface area contributed by atoms with Crippen LogP contribution in [-0.4, -0.2) is 48.4 Å². The number of nitrogens with one attached hydrogen (secondary N) is 3. The summed E-state index contributed by atoms with van der Waals surface area (Å²) in [4.78, 5) is 37.9. The normalized spacial score (nSPS) is 14.5. The molecule has 1 aliphatic rings. The molecule has 0 radical (unpaired) electrons. The van der Waals surface area contributed by atoms with Crippen molar-refractivity contribution in [1.29, 1.82) is 0 Å². The van der Waals surface area contributed by atoms with Crippen molar-refractivity contribution >= 4 is 51.6 Å². The van der Waals surface area contributed by atoms with Crippen LogP contribution in [0.1, 0.15) is 21.5 Å². The van der Waals surface area contributed by atoms with Gasteiger partial charge in [-0.3, -0.25) is 19.7 Å². The predicted octanol–water partition coefficient (Wildman–Crippen LogP) is 1.90. The number of carbonyl (C=O) groups is 3. The lowest BCUT2D eigenvalue weighted by Crippen LogP contribution is -2.37. The van der Waals surface area contributed by atoms with Crippen LogP contribution in [0.25, 0.3) is 5.57 Å². The number of rotatable bonds is 6. The molecule has 2 aromatic carbocycles. The first-order valence-corrected chi connectivity index (χ1v) is 10.2. The summed E-state index contributed by atoms with van der Waals surface area (Å²) < 4.78 is 0.913. The zero-order chi connectivity index (χ0) is 21.8. The molecule has 0 atom stereocenters. The molecule has 0 aromatic heterocycles. The lowest BCUT2D eigenvalue weighted by atomic mass is 9.95. The first-order chi connectivity index (χ1) is 14.2. The van der Waals surface area contributed by atoms with Gasteiger partial charge in [0.15, 0.2) is 0 Å². The van der Waals surface area contributed by atoms with E-state index in [-0.39, 0.29) is 18.2 Å². The van der Waals surface area contributed by atoms with Gasteiger partial charge in [0.05, 0.1) is 17.8 Å². The number of fused-ring (bicyclic) bond motifs is 1. The van der Waals surface area contributed by atoms with E-state index in [2.05, 4.69) is 38.5 Å². The number of benzene rings is 2. The third-order valence-electron chi connectivity index (χ3n) is 4.34. The Bertz CT molecular complexity index is 1050. The fraction of sp³-hybridized carbons (Fsp3) is 0.190. The van der Waals surface area contributed by atoms with Crippen molar-refractivity contribution in [3.05, 3.63) is 62.9 Å². The molecule has 8 nitrogen and oxygen atoms in total. The average molecular weight is 520 g/mol. The number of imide groups is 1. The van der Waals surface area contributed by atoms with E-state index in [1.807, 2.05) is 6.07 Å². The Hall–Kier alpha value is -2.92. The van der Waals surface area contributed by atoms with Crippen molar-refractivity contribution in [3.63, 3.8) is 0 Å². The lowest BCUT2D eigenvalue weighted by Gasteiger charge is -2.18. The van der Waals surface area contributed by atoms with Gasteiger partial charge >= 0.3 is 0 Å². The SMILES string of the molecule is CN(C)CC(=O)Nc1ccc(CN/C=C2\C(=O)NC(=O)c3ccc(I)cc32)cc1O. The van der Waals surface area contributed by atoms with Crippen LogP contribution in [0.4, 0.5) is 5.69 Å². The summed E-state index contributed by atoms with van der Waals surface area (Å²) in [6.45, 7) is 0.546. The third-order valence-corrected chi connectivity index (χ3v) is 5.01. The molecule has 0 bridgehead atoms. The first kappa shape index (κ1) is 21.8. The highest BCUT2D eigenvalue weighted by molar-refractivity contribution is 14.1. The number of phenols is 1. The largest absolute Gasteiger partial charge is 0.506 e. The second kappa shape index (κ2) is 9.26. The summed E-state index contributed by atoms with van der Waals surface area (Å²) in [5, 5.41) is 18.2. The van der Waals surface area contributed by atoms with Gasteiger partial charge in [-0.2, -0.15) is 0 Å². The Balaban J connectivity index is 1.71. The fourth-order valence-corrected chi connectivity index (χ4v) is 3.47. The van der Waals surface area contributed by atoms with Crippen molar-refractivity contribution in [2.45, 2.75) is 6.54 Å². The summed E-state index contributed by atoms with van der Waals surface area (Å²) in [5.41, 5.74) is 2.46. The minimum Gasteiger partial charge on any atom is -0.506 e. The molecule has 0 fully saturated rings. The van der Waals surface area contributed by atoms with Crippen LogP contribution < -0.4 is 16.0 Å². The molecule has 1 heterocycles. The van der Waals surface area contributed by atoms with Crippen LogP contribution in [0.15, 0.2) is 42.6 Å². The molecule has 4 N–H and O–H groups in total. The van der Waals surface area contributed by atoms with Crippen molar-refractivity contribution in [2.24, 2.45) is 0 Å².